The van der Waals surface area contributed by atoms with Gasteiger partial charge < -0.3 is 19.8 Å². The van der Waals surface area contributed by atoms with Crippen molar-refractivity contribution in [3.8, 4) is 5.75 Å². The molecule has 1 aliphatic rings. The van der Waals surface area contributed by atoms with Gasteiger partial charge in [0.05, 0.1) is 12.0 Å². The number of nitrogens with zero attached hydrogens (tertiary/aromatic N) is 1. The lowest BCUT2D eigenvalue weighted by Crippen LogP contribution is -2.43. The van der Waals surface area contributed by atoms with E-state index in [0.29, 0.717) is 11.1 Å². The van der Waals surface area contributed by atoms with Gasteiger partial charge in [0.1, 0.15) is 5.75 Å². The molecule has 1 aromatic carbocycles. The lowest BCUT2D eigenvalue weighted by Gasteiger charge is -2.38. The molecule has 1 saturated heterocycles. The van der Waals surface area contributed by atoms with E-state index in [-0.39, 0.29) is 25.1 Å². The van der Waals surface area contributed by atoms with Gasteiger partial charge in [0.25, 0.3) is 0 Å². The minimum atomic E-state index is -4.39. The van der Waals surface area contributed by atoms with Crippen molar-refractivity contribution < 1.29 is 37.7 Å². The number of aliphatic carboxylic acids is 1. The average Bonchev–Trinajstić information content (AvgIpc) is 2.52. The van der Waals surface area contributed by atoms with Crippen LogP contribution < -0.4 is 4.74 Å². The van der Waals surface area contributed by atoms with E-state index in [1.807, 2.05) is 0 Å². The number of piperidine rings is 1. The Morgan fingerprint density at radius 1 is 1.32 bits per heavy atom. The van der Waals surface area contributed by atoms with Crippen LogP contribution in [0, 0.1) is 12.8 Å². The molecular formula is C16H18F3NO5. The second-order valence-corrected chi connectivity index (χ2v) is 5.96. The van der Waals surface area contributed by atoms with Crippen LogP contribution in [0.3, 0.4) is 0 Å². The van der Waals surface area contributed by atoms with Crippen molar-refractivity contribution in [2.24, 2.45) is 5.92 Å². The van der Waals surface area contributed by atoms with Gasteiger partial charge in [-0.3, -0.25) is 0 Å². The zero-order valence-corrected chi connectivity index (χ0v) is 13.4. The van der Waals surface area contributed by atoms with Crippen LogP contribution in [0.2, 0.25) is 0 Å². The molecule has 25 heavy (non-hydrogen) atoms. The van der Waals surface area contributed by atoms with E-state index in [1.54, 1.807) is 19.1 Å². The van der Waals surface area contributed by atoms with Gasteiger partial charge in [-0.25, -0.2) is 9.59 Å². The summed E-state index contributed by atoms with van der Waals surface area (Å²) in [4.78, 5) is 23.0. The van der Waals surface area contributed by atoms with E-state index in [4.69, 9.17) is 9.84 Å². The minimum Gasteiger partial charge on any atom is -0.482 e. The molecule has 2 atom stereocenters. The molecule has 2 unspecified atom stereocenters. The van der Waals surface area contributed by atoms with E-state index in [0.717, 1.165) is 4.90 Å². The normalized spacial score (nSPS) is 21.0. The Bertz CT molecular complexity index is 662. The summed E-state index contributed by atoms with van der Waals surface area (Å²) in [5.41, 5.74) is 0.956. The van der Waals surface area contributed by atoms with Gasteiger partial charge in [0, 0.05) is 6.54 Å². The zero-order chi connectivity index (χ0) is 18.8. The number of amides is 1. The molecule has 0 saturated carbocycles. The summed E-state index contributed by atoms with van der Waals surface area (Å²) < 4.78 is 44.3. The smallest absolute Gasteiger partial charge is 0.407 e. The van der Waals surface area contributed by atoms with Crippen LogP contribution in [-0.4, -0.2) is 46.5 Å². The Labute approximate surface area is 141 Å². The largest absolute Gasteiger partial charge is 0.482 e. The Hall–Kier alpha value is -2.45. The third-order valence-corrected chi connectivity index (χ3v) is 4.26. The molecule has 2 N–H and O–H groups in total. The lowest BCUT2D eigenvalue weighted by atomic mass is 9.86. The van der Waals surface area contributed by atoms with Gasteiger partial charge in [-0.1, -0.05) is 12.1 Å². The maximum atomic E-state index is 13.1. The Morgan fingerprint density at radius 2 is 2.00 bits per heavy atom. The second-order valence-electron chi connectivity index (χ2n) is 5.96. The number of carbonyl (C=O) groups is 2. The monoisotopic (exact) mass is 361 g/mol. The number of carboxylic acids is 1. The van der Waals surface area contributed by atoms with E-state index in [1.165, 1.54) is 6.07 Å². The highest BCUT2D eigenvalue weighted by atomic mass is 19.4. The molecule has 1 aromatic rings. The summed E-state index contributed by atoms with van der Waals surface area (Å²) in [5, 5.41) is 18.0. The summed E-state index contributed by atoms with van der Waals surface area (Å²) in [5.74, 6) is -2.57. The molecule has 0 aromatic heterocycles. The van der Waals surface area contributed by atoms with E-state index >= 15 is 0 Å². The fourth-order valence-corrected chi connectivity index (χ4v) is 2.93. The number of hydrogen-bond acceptors (Lipinski definition) is 3. The molecule has 9 heteroatoms. The number of alkyl halides is 3. The van der Waals surface area contributed by atoms with Crippen LogP contribution in [0.15, 0.2) is 18.2 Å². The molecule has 0 radical (unpaired) electrons. The lowest BCUT2D eigenvalue weighted by molar-refractivity contribution is -0.188. The summed E-state index contributed by atoms with van der Waals surface area (Å²) in [6, 6.07) is 3.56. The highest BCUT2D eigenvalue weighted by Crippen LogP contribution is 2.42. The molecule has 6 nitrogen and oxygen atoms in total. The van der Waals surface area contributed by atoms with Crippen molar-refractivity contribution in [3.63, 3.8) is 0 Å². The third-order valence-electron chi connectivity index (χ3n) is 4.26. The molecule has 1 aliphatic heterocycles. The molecule has 1 heterocycles. The number of halogens is 3. The maximum absolute atomic E-state index is 13.1. The van der Waals surface area contributed by atoms with Gasteiger partial charge in [0.15, 0.2) is 6.61 Å². The highest BCUT2D eigenvalue weighted by Gasteiger charge is 2.45. The fourth-order valence-electron chi connectivity index (χ4n) is 2.93. The number of benzene rings is 1. The van der Waals surface area contributed by atoms with Crippen LogP contribution >= 0.6 is 0 Å². The number of likely N-dealkylation sites (tertiary alicyclic amines) is 1. The SMILES string of the molecule is Cc1ccc(C2CC(C(F)(F)F)CCN2C(=O)O)cc1OCC(=O)O. The molecule has 1 fully saturated rings. The molecule has 1 amide bonds. The van der Waals surface area contributed by atoms with Crippen molar-refractivity contribution in [1.82, 2.24) is 4.90 Å². The molecule has 0 aliphatic carbocycles. The number of aryl methyl sites for hydroxylation is 1. The number of hydrogen-bond donors (Lipinski definition) is 2. The average molecular weight is 361 g/mol. The standard InChI is InChI=1S/C16H18F3NO5/c1-9-2-3-10(6-13(9)25-8-14(21)22)12-7-11(16(17,18)19)4-5-20(12)15(23)24/h2-3,6,11-12H,4-5,7-8H2,1H3,(H,21,22)(H,23,24). The molecule has 0 spiro atoms. The zero-order valence-electron chi connectivity index (χ0n) is 13.4. The molecule has 2 rings (SSSR count). The van der Waals surface area contributed by atoms with Gasteiger partial charge >= 0.3 is 18.2 Å². The summed E-state index contributed by atoms with van der Waals surface area (Å²) >= 11 is 0. The van der Waals surface area contributed by atoms with E-state index in [2.05, 4.69) is 0 Å². The van der Waals surface area contributed by atoms with Crippen LogP contribution in [0.1, 0.15) is 30.0 Å². The Morgan fingerprint density at radius 3 is 2.56 bits per heavy atom. The number of ether oxygens (including phenoxy) is 1. The van der Waals surface area contributed by atoms with Crippen molar-refractivity contribution in [2.75, 3.05) is 13.2 Å². The first-order valence-corrected chi connectivity index (χ1v) is 7.61. The summed E-state index contributed by atoms with van der Waals surface area (Å²) in [6.45, 7) is 0.849. The van der Waals surface area contributed by atoms with Gasteiger partial charge in [0.2, 0.25) is 0 Å². The molecule has 138 valence electrons. The van der Waals surface area contributed by atoms with Crippen LogP contribution in [0.4, 0.5) is 18.0 Å². The van der Waals surface area contributed by atoms with Crippen LogP contribution in [0.5, 0.6) is 5.75 Å². The fraction of sp³-hybridized carbons (Fsp3) is 0.500. The van der Waals surface area contributed by atoms with Crippen molar-refractivity contribution in [1.29, 1.82) is 0 Å². The first-order valence-electron chi connectivity index (χ1n) is 7.61. The minimum absolute atomic E-state index is 0.208. The Kier molecular flexibility index (Phi) is 5.44. The maximum Gasteiger partial charge on any atom is 0.407 e. The predicted octanol–water partition coefficient (Wildman–Crippen LogP) is 3.45. The van der Waals surface area contributed by atoms with E-state index < -0.39 is 36.8 Å². The predicted molar refractivity (Wildman–Crippen MR) is 80.6 cm³/mol. The number of rotatable bonds is 4. The molecule has 0 bridgehead atoms. The van der Waals surface area contributed by atoms with Crippen LogP contribution in [0.25, 0.3) is 0 Å². The van der Waals surface area contributed by atoms with Gasteiger partial charge in [-0.2, -0.15) is 13.2 Å². The van der Waals surface area contributed by atoms with Gasteiger partial charge in [-0.15, -0.1) is 0 Å². The second kappa shape index (κ2) is 7.20. The first kappa shape index (κ1) is 18.9. The third kappa shape index (κ3) is 4.55. The van der Waals surface area contributed by atoms with Crippen LogP contribution in [-0.2, 0) is 4.79 Å². The summed E-state index contributed by atoms with van der Waals surface area (Å²) in [6.07, 6.45) is -6.34. The number of carboxylic acid groups (broad SMARTS) is 2. The van der Waals surface area contributed by atoms with E-state index in [9.17, 15) is 27.9 Å². The van der Waals surface area contributed by atoms with Gasteiger partial charge in [-0.05, 0) is 37.0 Å². The van der Waals surface area contributed by atoms with Crippen molar-refractivity contribution >= 4 is 12.1 Å². The summed E-state index contributed by atoms with van der Waals surface area (Å²) in [7, 11) is 0. The highest BCUT2D eigenvalue weighted by molar-refractivity contribution is 5.68. The quantitative estimate of drug-likeness (QED) is 0.858. The molecular weight excluding hydrogens is 343 g/mol. The Balaban J connectivity index is 2.32. The first-order chi connectivity index (χ1) is 11.6. The van der Waals surface area contributed by atoms with Crippen molar-refractivity contribution in [2.45, 2.75) is 32.0 Å². The van der Waals surface area contributed by atoms with Crippen molar-refractivity contribution in [3.05, 3.63) is 29.3 Å². The topological polar surface area (TPSA) is 87.1 Å².